The second-order valence-corrected chi connectivity index (χ2v) is 5.93. The molecule has 6 nitrogen and oxygen atoms in total. The Morgan fingerprint density at radius 2 is 2.04 bits per heavy atom. The molecule has 2 aromatic rings. The maximum absolute atomic E-state index is 11.3. The number of rotatable bonds is 6. The van der Waals surface area contributed by atoms with Crippen molar-refractivity contribution < 1.29 is 9.90 Å². The molecule has 1 aliphatic heterocycles. The van der Waals surface area contributed by atoms with Crippen LogP contribution in [0.2, 0.25) is 0 Å². The number of anilines is 1. The van der Waals surface area contributed by atoms with E-state index in [1.54, 1.807) is 0 Å². The summed E-state index contributed by atoms with van der Waals surface area (Å²) in [5.74, 6) is 0.490. The Balaban J connectivity index is 1.94. The number of fused-ring (bicyclic) bond motifs is 1. The van der Waals surface area contributed by atoms with Crippen LogP contribution in [0.3, 0.4) is 0 Å². The number of hydrogen-bond acceptors (Lipinski definition) is 5. The molecule has 0 amide bonds. The van der Waals surface area contributed by atoms with Gasteiger partial charge in [-0.25, -0.2) is 14.8 Å². The van der Waals surface area contributed by atoms with Crippen molar-refractivity contribution in [3.63, 3.8) is 0 Å². The smallest absolute Gasteiger partial charge is 0.326 e. The van der Waals surface area contributed by atoms with Crippen molar-refractivity contribution in [2.75, 3.05) is 18.4 Å². The van der Waals surface area contributed by atoms with Gasteiger partial charge in [0.2, 0.25) is 0 Å². The van der Waals surface area contributed by atoms with Gasteiger partial charge >= 0.3 is 5.97 Å². The summed E-state index contributed by atoms with van der Waals surface area (Å²) in [6.45, 7) is 4.71. The minimum atomic E-state index is -0.865. The highest BCUT2D eigenvalue weighted by Gasteiger charge is 2.19. The summed E-state index contributed by atoms with van der Waals surface area (Å²) in [4.78, 5) is 22.9. The molecule has 1 saturated heterocycles. The summed E-state index contributed by atoms with van der Waals surface area (Å²) < 4.78 is 0. The van der Waals surface area contributed by atoms with E-state index in [0.29, 0.717) is 18.8 Å². The normalized spacial score (nSPS) is 16.6. The van der Waals surface area contributed by atoms with E-state index < -0.39 is 12.0 Å². The van der Waals surface area contributed by atoms with Crippen LogP contribution in [0.5, 0.6) is 0 Å². The van der Waals surface area contributed by atoms with E-state index >= 15 is 0 Å². The number of nitrogens with zero attached hydrogens (tertiary/aromatic N) is 3. The molecule has 0 bridgehead atoms. The zero-order chi connectivity index (χ0) is 16.2. The number of carboxylic acid groups (broad SMARTS) is 1. The summed E-state index contributed by atoms with van der Waals surface area (Å²) in [5.41, 5.74) is 0.847. The molecule has 0 spiro atoms. The van der Waals surface area contributed by atoms with Gasteiger partial charge in [0.15, 0.2) is 0 Å². The van der Waals surface area contributed by atoms with Crippen LogP contribution in [0.25, 0.3) is 10.9 Å². The Kier molecular flexibility index (Phi) is 4.71. The molecule has 1 aliphatic rings. The Hall–Kier alpha value is -2.21. The van der Waals surface area contributed by atoms with E-state index in [4.69, 9.17) is 0 Å². The summed E-state index contributed by atoms with van der Waals surface area (Å²) in [5, 5.41) is 13.2. The monoisotopic (exact) mass is 314 g/mol. The third-order valence-electron chi connectivity index (χ3n) is 4.23. The third-order valence-corrected chi connectivity index (χ3v) is 4.23. The van der Waals surface area contributed by atoms with Crippen LogP contribution >= 0.6 is 0 Å². The van der Waals surface area contributed by atoms with Gasteiger partial charge in [0.05, 0.1) is 12.1 Å². The van der Waals surface area contributed by atoms with Gasteiger partial charge in [-0.2, -0.15) is 0 Å². The predicted octanol–water partition coefficient (Wildman–Crippen LogP) is 2.50. The van der Waals surface area contributed by atoms with Crippen LogP contribution in [0, 0.1) is 0 Å². The number of para-hydroxylation sites is 1. The van der Waals surface area contributed by atoms with Crippen molar-refractivity contribution in [2.24, 2.45) is 0 Å². The zero-order valence-corrected chi connectivity index (χ0v) is 13.3. The largest absolute Gasteiger partial charge is 0.480 e. The van der Waals surface area contributed by atoms with Crippen molar-refractivity contribution in [3.05, 3.63) is 30.1 Å². The number of nitrogens with one attached hydrogen (secondary N) is 1. The molecular formula is C17H22N4O2. The lowest BCUT2D eigenvalue weighted by Crippen LogP contribution is -2.29. The van der Waals surface area contributed by atoms with Crippen LogP contribution in [-0.2, 0) is 11.3 Å². The first-order valence-electron chi connectivity index (χ1n) is 8.14. The van der Waals surface area contributed by atoms with Crippen LogP contribution in [0.1, 0.15) is 32.0 Å². The number of aliphatic carboxylic acids is 1. The van der Waals surface area contributed by atoms with E-state index in [1.807, 2.05) is 31.2 Å². The Morgan fingerprint density at radius 3 is 2.74 bits per heavy atom. The fraction of sp³-hybridized carbons (Fsp3) is 0.471. The van der Waals surface area contributed by atoms with Crippen LogP contribution in [-0.4, -0.2) is 45.1 Å². The van der Waals surface area contributed by atoms with Crippen LogP contribution in [0.15, 0.2) is 24.3 Å². The average Bonchev–Trinajstić information content (AvgIpc) is 3.05. The lowest BCUT2D eigenvalue weighted by Gasteiger charge is -2.18. The van der Waals surface area contributed by atoms with Gasteiger partial charge in [0.1, 0.15) is 17.7 Å². The summed E-state index contributed by atoms with van der Waals surface area (Å²) >= 11 is 0. The number of likely N-dealkylation sites (tertiary alicyclic amines) is 1. The molecule has 1 unspecified atom stereocenters. The highest BCUT2D eigenvalue weighted by atomic mass is 16.4. The summed E-state index contributed by atoms with van der Waals surface area (Å²) in [6, 6.07) is 7.07. The molecule has 6 heteroatoms. The molecule has 2 heterocycles. The highest BCUT2D eigenvalue weighted by molar-refractivity contribution is 5.90. The van der Waals surface area contributed by atoms with Gasteiger partial charge in [0, 0.05) is 5.39 Å². The minimum absolute atomic E-state index is 0.495. The molecule has 3 rings (SSSR count). The van der Waals surface area contributed by atoms with E-state index in [9.17, 15) is 9.90 Å². The van der Waals surface area contributed by atoms with Gasteiger partial charge in [0.25, 0.3) is 0 Å². The van der Waals surface area contributed by atoms with E-state index in [1.165, 1.54) is 12.8 Å². The van der Waals surface area contributed by atoms with Gasteiger partial charge in [-0.3, -0.25) is 4.90 Å². The molecule has 1 fully saturated rings. The van der Waals surface area contributed by atoms with Gasteiger partial charge in [-0.1, -0.05) is 19.1 Å². The topological polar surface area (TPSA) is 78.4 Å². The molecule has 1 atom stereocenters. The fourth-order valence-electron chi connectivity index (χ4n) is 2.95. The first-order valence-corrected chi connectivity index (χ1v) is 8.14. The molecular weight excluding hydrogens is 292 g/mol. The molecule has 0 aliphatic carbocycles. The van der Waals surface area contributed by atoms with Crippen molar-refractivity contribution in [1.82, 2.24) is 14.9 Å². The zero-order valence-electron chi connectivity index (χ0n) is 13.3. The average molecular weight is 314 g/mol. The molecule has 1 aromatic heterocycles. The van der Waals surface area contributed by atoms with Gasteiger partial charge < -0.3 is 10.4 Å². The molecule has 23 heavy (non-hydrogen) atoms. The predicted molar refractivity (Wildman–Crippen MR) is 89.4 cm³/mol. The lowest BCUT2D eigenvalue weighted by molar-refractivity contribution is -0.137. The molecule has 0 saturated carbocycles. The minimum Gasteiger partial charge on any atom is -0.480 e. The molecule has 0 radical (unpaired) electrons. The molecule has 2 N–H and O–H groups in total. The quantitative estimate of drug-likeness (QED) is 0.853. The van der Waals surface area contributed by atoms with E-state index in [2.05, 4.69) is 20.2 Å². The number of benzene rings is 1. The highest BCUT2D eigenvalue weighted by Crippen LogP contribution is 2.22. The van der Waals surface area contributed by atoms with E-state index in [0.717, 1.165) is 29.8 Å². The van der Waals surface area contributed by atoms with Crippen molar-refractivity contribution in [1.29, 1.82) is 0 Å². The Morgan fingerprint density at radius 1 is 1.30 bits per heavy atom. The first kappa shape index (κ1) is 15.7. The second-order valence-electron chi connectivity index (χ2n) is 5.93. The van der Waals surface area contributed by atoms with Gasteiger partial charge in [-0.05, 0) is 44.5 Å². The Labute approximate surface area is 135 Å². The maximum atomic E-state index is 11.3. The van der Waals surface area contributed by atoms with Crippen molar-refractivity contribution in [2.45, 2.75) is 38.8 Å². The van der Waals surface area contributed by atoms with Gasteiger partial charge in [-0.15, -0.1) is 0 Å². The SMILES string of the molecule is CCC(Nc1nc(CN2CCCC2)nc2ccccc12)C(=O)O. The van der Waals surface area contributed by atoms with Crippen molar-refractivity contribution >= 4 is 22.7 Å². The fourth-order valence-corrected chi connectivity index (χ4v) is 2.95. The lowest BCUT2D eigenvalue weighted by atomic mass is 10.2. The standard InChI is InChI=1S/C17H22N4O2/c1-2-13(17(22)23)19-16-12-7-3-4-8-14(12)18-15(20-16)11-21-9-5-6-10-21/h3-4,7-8,13H,2,5-6,9-11H2,1H3,(H,22,23)(H,18,19,20). The summed E-state index contributed by atoms with van der Waals surface area (Å²) in [7, 11) is 0. The first-order chi connectivity index (χ1) is 11.2. The third kappa shape index (κ3) is 3.59. The number of aromatic nitrogens is 2. The molecule has 122 valence electrons. The Bertz CT molecular complexity index is 698. The number of carboxylic acids is 1. The number of hydrogen-bond donors (Lipinski definition) is 2. The van der Waals surface area contributed by atoms with Crippen LogP contribution in [0.4, 0.5) is 5.82 Å². The van der Waals surface area contributed by atoms with Crippen LogP contribution < -0.4 is 5.32 Å². The molecule has 1 aromatic carbocycles. The van der Waals surface area contributed by atoms with Crippen molar-refractivity contribution in [3.8, 4) is 0 Å². The van der Waals surface area contributed by atoms with E-state index in [-0.39, 0.29) is 0 Å². The summed E-state index contributed by atoms with van der Waals surface area (Å²) in [6.07, 6.45) is 2.93. The maximum Gasteiger partial charge on any atom is 0.326 e. The second kappa shape index (κ2) is 6.91. The number of carbonyl (C=O) groups is 1.